The van der Waals surface area contributed by atoms with E-state index in [0.717, 1.165) is 30.4 Å². The summed E-state index contributed by atoms with van der Waals surface area (Å²) in [4.78, 5) is 16.1. The second-order valence-electron chi connectivity index (χ2n) is 5.75. The van der Waals surface area contributed by atoms with E-state index in [9.17, 15) is 9.90 Å². The number of benzene rings is 1. The third-order valence-corrected chi connectivity index (χ3v) is 4.03. The van der Waals surface area contributed by atoms with Crippen LogP contribution in [0.1, 0.15) is 24.8 Å². The molecule has 1 fully saturated rings. The molecule has 116 valence electrons. The zero-order valence-corrected chi connectivity index (χ0v) is 12.4. The average molecular weight is 301 g/mol. The van der Waals surface area contributed by atoms with Gasteiger partial charge in [-0.05, 0) is 43.9 Å². The largest absolute Gasteiger partial charge is 0.445 e. The summed E-state index contributed by atoms with van der Waals surface area (Å²) in [5.41, 5.74) is 1.69. The van der Waals surface area contributed by atoms with Crippen molar-refractivity contribution in [2.75, 3.05) is 11.9 Å². The Bertz CT molecular complexity index is 663. The maximum atomic E-state index is 12.0. The predicted molar refractivity (Wildman–Crippen MR) is 82.5 cm³/mol. The molecule has 22 heavy (non-hydrogen) atoms. The minimum Gasteiger partial charge on any atom is -0.445 e. The molecular formula is C16H19N3O3. The van der Waals surface area contributed by atoms with Crippen molar-refractivity contribution in [2.45, 2.75) is 31.8 Å². The van der Waals surface area contributed by atoms with Gasteiger partial charge in [0.1, 0.15) is 6.26 Å². The molecule has 6 nitrogen and oxygen atoms in total. The maximum absolute atomic E-state index is 12.0. The van der Waals surface area contributed by atoms with Crippen LogP contribution in [-0.4, -0.2) is 28.3 Å². The van der Waals surface area contributed by atoms with E-state index in [0.29, 0.717) is 11.6 Å². The zero-order chi connectivity index (χ0) is 15.6. The van der Waals surface area contributed by atoms with Crippen LogP contribution in [0, 0.1) is 6.92 Å². The fraction of sp³-hybridized carbons (Fsp3) is 0.375. The lowest BCUT2D eigenvalue weighted by atomic mass is 9.80. The Hall–Kier alpha value is -2.34. The smallest absolute Gasteiger partial charge is 0.319 e. The summed E-state index contributed by atoms with van der Waals surface area (Å²) in [6, 6.07) is 5.28. The summed E-state index contributed by atoms with van der Waals surface area (Å²) in [7, 11) is 0. The van der Waals surface area contributed by atoms with Crippen molar-refractivity contribution in [1.82, 2.24) is 10.3 Å². The van der Waals surface area contributed by atoms with E-state index in [1.807, 2.05) is 25.1 Å². The van der Waals surface area contributed by atoms with E-state index in [2.05, 4.69) is 15.6 Å². The molecule has 1 saturated carbocycles. The Labute approximate surface area is 128 Å². The second-order valence-corrected chi connectivity index (χ2v) is 5.75. The Balaban J connectivity index is 1.66. The number of oxazole rings is 1. The average Bonchev–Trinajstić information content (AvgIpc) is 2.99. The molecule has 2 amide bonds. The molecule has 2 aromatic rings. The van der Waals surface area contributed by atoms with Crippen LogP contribution in [0.2, 0.25) is 0 Å². The molecule has 6 heteroatoms. The van der Waals surface area contributed by atoms with Gasteiger partial charge in [0.25, 0.3) is 0 Å². The normalized spacial score (nSPS) is 15.9. The summed E-state index contributed by atoms with van der Waals surface area (Å²) in [5.74, 6) is 0.507. The van der Waals surface area contributed by atoms with E-state index in [4.69, 9.17) is 4.42 Å². The summed E-state index contributed by atoms with van der Waals surface area (Å²) in [6.07, 6.45) is 5.58. The van der Waals surface area contributed by atoms with Gasteiger partial charge in [0.15, 0.2) is 0 Å². The highest BCUT2D eigenvalue weighted by atomic mass is 16.3. The molecule has 1 aromatic carbocycles. The minimum atomic E-state index is -0.730. The van der Waals surface area contributed by atoms with Gasteiger partial charge < -0.3 is 20.2 Å². The molecule has 0 bridgehead atoms. The Kier molecular flexibility index (Phi) is 3.85. The maximum Gasteiger partial charge on any atom is 0.319 e. The van der Waals surface area contributed by atoms with Gasteiger partial charge in [0.2, 0.25) is 5.89 Å². The number of anilines is 1. The van der Waals surface area contributed by atoms with Gasteiger partial charge in [-0.3, -0.25) is 0 Å². The van der Waals surface area contributed by atoms with Crippen molar-refractivity contribution < 1.29 is 14.3 Å². The van der Waals surface area contributed by atoms with E-state index in [-0.39, 0.29) is 12.6 Å². The van der Waals surface area contributed by atoms with Gasteiger partial charge in [-0.25, -0.2) is 9.78 Å². The quantitative estimate of drug-likeness (QED) is 0.810. The molecule has 1 aliphatic carbocycles. The zero-order valence-electron chi connectivity index (χ0n) is 12.4. The topological polar surface area (TPSA) is 87.4 Å². The molecule has 0 aliphatic heterocycles. The first kappa shape index (κ1) is 14.6. The Morgan fingerprint density at radius 1 is 1.45 bits per heavy atom. The van der Waals surface area contributed by atoms with Crippen LogP contribution in [0.4, 0.5) is 10.5 Å². The van der Waals surface area contributed by atoms with Crippen LogP contribution >= 0.6 is 0 Å². The van der Waals surface area contributed by atoms with Gasteiger partial charge >= 0.3 is 6.03 Å². The Morgan fingerprint density at radius 2 is 2.27 bits per heavy atom. The summed E-state index contributed by atoms with van der Waals surface area (Å²) >= 11 is 0. The molecule has 3 rings (SSSR count). The van der Waals surface area contributed by atoms with Crippen molar-refractivity contribution in [1.29, 1.82) is 0 Å². The van der Waals surface area contributed by atoms with Crippen molar-refractivity contribution in [3.05, 3.63) is 36.2 Å². The van der Waals surface area contributed by atoms with Crippen molar-refractivity contribution >= 4 is 11.7 Å². The van der Waals surface area contributed by atoms with E-state index in [1.54, 1.807) is 6.20 Å². The van der Waals surface area contributed by atoms with Gasteiger partial charge in [0, 0.05) is 17.8 Å². The van der Waals surface area contributed by atoms with Gasteiger partial charge in [-0.15, -0.1) is 0 Å². The first-order valence-corrected chi connectivity index (χ1v) is 7.33. The molecule has 1 aromatic heterocycles. The van der Waals surface area contributed by atoms with E-state index >= 15 is 0 Å². The number of urea groups is 1. The number of aliphatic hydroxyl groups is 1. The molecule has 0 saturated heterocycles. The highest BCUT2D eigenvalue weighted by Gasteiger charge is 2.34. The monoisotopic (exact) mass is 301 g/mol. The van der Waals surface area contributed by atoms with Gasteiger partial charge in [0.05, 0.1) is 11.8 Å². The highest BCUT2D eigenvalue weighted by molar-refractivity contribution is 5.90. The highest BCUT2D eigenvalue weighted by Crippen LogP contribution is 2.30. The van der Waals surface area contributed by atoms with Crippen molar-refractivity contribution in [2.24, 2.45) is 0 Å². The first-order chi connectivity index (χ1) is 10.6. The van der Waals surface area contributed by atoms with Crippen LogP contribution < -0.4 is 10.6 Å². The molecule has 1 heterocycles. The summed E-state index contributed by atoms with van der Waals surface area (Å²) < 4.78 is 5.26. The van der Waals surface area contributed by atoms with E-state index in [1.165, 1.54) is 6.26 Å². The van der Waals surface area contributed by atoms with Crippen molar-refractivity contribution in [3.63, 3.8) is 0 Å². The number of aromatic nitrogens is 1. The number of nitrogens with one attached hydrogen (secondary N) is 2. The fourth-order valence-electron chi connectivity index (χ4n) is 2.43. The molecule has 1 aliphatic rings. The standard InChI is InChI=1S/C16H19N3O3/c1-11-3-4-12(14-17-7-8-22-14)9-13(11)19-15(20)18-10-16(21)5-2-6-16/h3-4,7-9,21H,2,5-6,10H2,1H3,(H2,18,19,20). The van der Waals surface area contributed by atoms with Crippen LogP contribution in [0.3, 0.4) is 0 Å². The summed E-state index contributed by atoms with van der Waals surface area (Å²) in [5, 5.41) is 15.5. The van der Waals surface area contributed by atoms with Crippen LogP contribution in [0.15, 0.2) is 35.1 Å². The SMILES string of the molecule is Cc1ccc(-c2ncco2)cc1NC(=O)NCC1(O)CCC1. The molecule has 0 unspecified atom stereocenters. The predicted octanol–water partition coefficient (Wildman–Crippen LogP) is 2.69. The van der Waals surface area contributed by atoms with Crippen molar-refractivity contribution in [3.8, 4) is 11.5 Å². The third kappa shape index (κ3) is 3.12. The minimum absolute atomic E-state index is 0.275. The number of rotatable bonds is 4. The lowest BCUT2D eigenvalue weighted by Gasteiger charge is -2.36. The fourth-order valence-corrected chi connectivity index (χ4v) is 2.43. The lowest BCUT2D eigenvalue weighted by Crippen LogP contribution is -2.48. The molecule has 3 N–H and O–H groups in total. The third-order valence-electron chi connectivity index (χ3n) is 4.03. The number of nitrogens with zero attached hydrogens (tertiary/aromatic N) is 1. The number of amides is 2. The van der Waals surface area contributed by atoms with Crippen LogP contribution in [0.25, 0.3) is 11.5 Å². The number of hydrogen-bond acceptors (Lipinski definition) is 4. The van der Waals surface area contributed by atoms with Gasteiger partial charge in [-0.2, -0.15) is 0 Å². The molecule has 0 radical (unpaired) electrons. The van der Waals surface area contributed by atoms with Crippen LogP contribution in [-0.2, 0) is 0 Å². The Morgan fingerprint density at radius 3 is 2.91 bits per heavy atom. The number of carbonyl (C=O) groups is 1. The number of hydrogen-bond donors (Lipinski definition) is 3. The van der Waals surface area contributed by atoms with Gasteiger partial charge in [-0.1, -0.05) is 6.07 Å². The molecule has 0 spiro atoms. The first-order valence-electron chi connectivity index (χ1n) is 7.33. The van der Waals surface area contributed by atoms with E-state index < -0.39 is 5.60 Å². The number of carbonyl (C=O) groups excluding carboxylic acids is 1. The number of aryl methyl sites for hydroxylation is 1. The lowest BCUT2D eigenvalue weighted by molar-refractivity contribution is -0.0287. The second kappa shape index (κ2) is 5.81. The molecular weight excluding hydrogens is 282 g/mol. The molecule has 0 atom stereocenters. The van der Waals surface area contributed by atoms with Crippen LogP contribution in [0.5, 0.6) is 0 Å². The summed E-state index contributed by atoms with van der Waals surface area (Å²) in [6.45, 7) is 2.19.